The van der Waals surface area contributed by atoms with E-state index in [0.717, 1.165) is 12.8 Å². The lowest BCUT2D eigenvalue weighted by molar-refractivity contribution is -0.140. The van der Waals surface area contributed by atoms with Gasteiger partial charge in [-0.3, -0.25) is 9.59 Å². The molecule has 0 aromatic heterocycles. The van der Waals surface area contributed by atoms with Gasteiger partial charge < -0.3 is 10.2 Å². The van der Waals surface area contributed by atoms with E-state index in [0.29, 0.717) is 12.5 Å². The number of nitrogens with one attached hydrogen (secondary N) is 1. The van der Waals surface area contributed by atoms with Gasteiger partial charge in [-0.25, -0.2) is 0 Å². The first-order valence-corrected chi connectivity index (χ1v) is 7.42. The molecule has 0 bridgehead atoms. The Bertz CT molecular complexity index is 367. The topological polar surface area (TPSA) is 49.4 Å². The number of carbonyl (C=O) groups excluding carboxylic acids is 2. The Hall–Kier alpha value is -1.06. The van der Waals surface area contributed by atoms with E-state index in [-0.39, 0.29) is 23.3 Å². The van der Waals surface area contributed by atoms with E-state index in [9.17, 15) is 9.59 Å². The first-order chi connectivity index (χ1) is 8.80. The molecule has 2 atom stereocenters. The van der Waals surface area contributed by atoms with Gasteiger partial charge in [0.2, 0.25) is 11.8 Å². The molecule has 1 saturated carbocycles. The Kier molecular flexibility index (Phi) is 3.88. The van der Waals surface area contributed by atoms with Crippen molar-refractivity contribution >= 4 is 11.8 Å². The summed E-state index contributed by atoms with van der Waals surface area (Å²) in [7, 11) is 0. The van der Waals surface area contributed by atoms with Crippen molar-refractivity contribution in [3.63, 3.8) is 0 Å². The van der Waals surface area contributed by atoms with Crippen molar-refractivity contribution in [3.05, 3.63) is 0 Å². The molecule has 0 aromatic carbocycles. The molecule has 2 amide bonds. The van der Waals surface area contributed by atoms with E-state index in [1.807, 2.05) is 32.6 Å². The predicted octanol–water partition coefficient (Wildman–Crippen LogP) is 2.08. The van der Waals surface area contributed by atoms with E-state index in [2.05, 4.69) is 5.32 Å². The van der Waals surface area contributed by atoms with Gasteiger partial charge in [-0.2, -0.15) is 0 Å². The van der Waals surface area contributed by atoms with E-state index in [4.69, 9.17) is 0 Å². The number of hydrogen-bond acceptors (Lipinski definition) is 2. The third-order valence-electron chi connectivity index (χ3n) is 4.35. The molecule has 4 heteroatoms. The van der Waals surface area contributed by atoms with Crippen molar-refractivity contribution in [2.45, 2.75) is 77.9 Å². The van der Waals surface area contributed by atoms with E-state index in [1.165, 1.54) is 12.8 Å². The average Bonchev–Trinajstić information content (AvgIpc) is 2.74. The van der Waals surface area contributed by atoms with Crippen molar-refractivity contribution in [2.75, 3.05) is 0 Å². The normalized spacial score (nSPS) is 30.4. The van der Waals surface area contributed by atoms with Crippen LogP contribution in [0, 0.1) is 5.41 Å². The molecule has 2 fully saturated rings. The van der Waals surface area contributed by atoms with Gasteiger partial charge in [-0.1, -0.05) is 33.6 Å². The smallest absolute Gasteiger partial charge is 0.246 e. The standard InChI is InChI=1S/C15H26N2O2/c1-10-9-12(18)16-13(15(2,3)4)14(19)17(10)11-7-5-6-8-11/h10-11,13H,5-9H2,1-4H3,(H,16,18). The van der Waals surface area contributed by atoms with Gasteiger partial charge in [-0.15, -0.1) is 0 Å². The van der Waals surface area contributed by atoms with Crippen LogP contribution in [0.25, 0.3) is 0 Å². The van der Waals surface area contributed by atoms with Gasteiger partial charge in [0.1, 0.15) is 6.04 Å². The summed E-state index contributed by atoms with van der Waals surface area (Å²) in [6.45, 7) is 8.04. The molecular weight excluding hydrogens is 240 g/mol. The fourth-order valence-electron chi connectivity index (χ4n) is 3.32. The number of hydrogen-bond donors (Lipinski definition) is 1. The van der Waals surface area contributed by atoms with Gasteiger partial charge in [0, 0.05) is 18.5 Å². The van der Waals surface area contributed by atoms with Crippen LogP contribution in [-0.2, 0) is 9.59 Å². The highest BCUT2D eigenvalue weighted by atomic mass is 16.2. The molecule has 2 unspecified atom stereocenters. The predicted molar refractivity (Wildman–Crippen MR) is 74.6 cm³/mol. The van der Waals surface area contributed by atoms with Crippen molar-refractivity contribution in [2.24, 2.45) is 5.41 Å². The summed E-state index contributed by atoms with van der Waals surface area (Å²) < 4.78 is 0. The molecule has 1 heterocycles. The molecule has 1 saturated heterocycles. The summed E-state index contributed by atoms with van der Waals surface area (Å²) in [5.74, 6) is 0.110. The van der Waals surface area contributed by atoms with Crippen LogP contribution in [0.1, 0.15) is 59.8 Å². The van der Waals surface area contributed by atoms with Crippen LogP contribution < -0.4 is 5.32 Å². The minimum Gasteiger partial charge on any atom is -0.344 e. The van der Waals surface area contributed by atoms with Crippen LogP contribution in [0.5, 0.6) is 0 Å². The van der Waals surface area contributed by atoms with E-state index >= 15 is 0 Å². The monoisotopic (exact) mass is 266 g/mol. The van der Waals surface area contributed by atoms with Crippen LogP contribution in [0.3, 0.4) is 0 Å². The second-order valence-electron chi connectivity index (χ2n) is 7.10. The third kappa shape index (κ3) is 2.93. The van der Waals surface area contributed by atoms with Gasteiger partial charge in [0.15, 0.2) is 0 Å². The lowest BCUT2D eigenvalue weighted by Gasteiger charge is -2.37. The molecule has 19 heavy (non-hydrogen) atoms. The number of rotatable bonds is 1. The Morgan fingerprint density at radius 3 is 2.26 bits per heavy atom. The maximum absolute atomic E-state index is 12.8. The molecule has 0 spiro atoms. The van der Waals surface area contributed by atoms with Gasteiger partial charge in [-0.05, 0) is 25.2 Å². The lowest BCUT2D eigenvalue weighted by Crippen LogP contribution is -2.54. The van der Waals surface area contributed by atoms with Crippen LogP contribution in [0.2, 0.25) is 0 Å². The summed E-state index contributed by atoms with van der Waals surface area (Å²) in [6.07, 6.45) is 4.99. The van der Waals surface area contributed by atoms with Gasteiger partial charge >= 0.3 is 0 Å². The van der Waals surface area contributed by atoms with Crippen molar-refractivity contribution in [1.29, 1.82) is 0 Å². The fraction of sp³-hybridized carbons (Fsp3) is 0.867. The SMILES string of the molecule is CC1CC(=O)NC(C(C)(C)C)C(=O)N1C1CCCC1. The largest absolute Gasteiger partial charge is 0.344 e. The molecule has 1 aliphatic carbocycles. The highest BCUT2D eigenvalue weighted by Crippen LogP contribution is 2.31. The Balaban J connectivity index is 2.28. The number of carbonyl (C=O) groups is 2. The summed E-state index contributed by atoms with van der Waals surface area (Å²) >= 11 is 0. The van der Waals surface area contributed by atoms with Gasteiger partial charge in [0.05, 0.1) is 0 Å². The first-order valence-electron chi connectivity index (χ1n) is 7.42. The molecule has 2 aliphatic rings. The second-order valence-corrected chi connectivity index (χ2v) is 7.10. The number of nitrogens with zero attached hydrogens (tertiary/aromatic N) is 1. The lowest BCUT2D eigenvalue weighted by atomic mass is 9.85. The molecule has 1 N–H and O–H groups in total. The van der Waals surface area contributed by atoms with Crippen molar-refractivity contribution < 1.29 is 9.59 Å². The Morgan fingerprint density at radius 1 is 1.16 bits per heavy atom. The van der Waals surface area contributed by atoms with E-state index < -0.39 is 6.04 Å². The summed E-state index contributed by atoms with van der Waals surface area (Å²) in [5, 5.41) is 2.92. The van der Waals surface area contributed by atoms with Gasteiger partial charge in [0.25, 0.3) is 0 Å². The Morgan fingerprint density at radius 2 is 1.74 bits per heavy atom. The maximum atomic E-state index is 12.8. The quantitative estimate of drug-likeness (QED) is 0.790. The maximum Gasteiger partial charge on any atom is 0.246 e. The number of amides is 2. The molecular formula is C15H26N2O2. The van der Waals surface area contributed by atoms with Crippen molar-refractivity contribution in [3.8, 4) is 0 Å². The fourth-order valence-corrected chi connectivity index (χ4v) is 3.32. The zero-order valence-electron chi connectivity index (χ0n) is 12.5. The Labute approximate surface area is 115 Å². The van der Waals surface area contributed by atoms with Crippen LogP contribution in [-0.4, -0.2) is 34.8 Å². The molecule has 4 nitrogen and oxygen atoms in total. The highest BCUT2D eigenvalue weighted by Gasteiger charge is 2.43. The first kappa shape index (κ1) is 14.4. The molecule has 2 rings (SSSR count). The third-order valence-corrected chi connectivity index (χ3v) is 4.35. The van der Waals surface area contributed by atoms with Crippen LogP contribution in [0.15, 0.2) is 0 Å². The van der Waals surface area contributed by atoms with Crippen LogP contribution >= 0.6 is 0 Å². The van der Waals surface area contributed by atoms with E-state index in [1.54, 1.807) is 0 Å². The molecule has 108 valence electrons. The zero-order chi connectivity index (χ0) is 14.2. The summed E-state index contributed by atoms with van der Waals surface area (Å²) in [6, 6.07) is -0.0476. The highest BCUT2D eigenvalue weighted by molar-refractivity contribution is 5.91. The minimum atomic E-state index is -0.398. The van der Waals surface area contributed by atoms with Crippen LogP contribution in [0.4, 0.5) is 0 Å². The minimum absolute atomic E-state index is 0.00118. The summed E-state index contributed by atoms with van der Waals surface area (Å²) in [4.78, 5) is 26.8. The molecule has 0 aromatic rings. The second kappa shape index (κ2) is 5.14. The zero-order valence-corrected chi connectivity index (χ0v) is 12.5. The molecule has 1 aliphatic heterocycles. The van der Waals surface area contributed by atoms with Crippen molar-refractivity contribution in [1.82, 2.24) is 10.2 Å². The molecule has 0 radical (unpaired) electrons. The summed E-state index contributed by atoms with van der Waals surface area (Å²) in [5.41, 5.74) is -0.242. The average molecular weight is 266 g/mol.